The second kappa shape index (κ2) is 13.2. The van der Waals surface area contributed by atoms with Crippen LogP contribution in [0.15, 0.2) is 29.3 Å². The van der Waals surface area contributed by atoms with Gasteiger partial charge in [-0.05, 0) is 31.2 Å². The van der Waals surface area contributed by atoms with E-state index < -0.39 is 0 Å². The molecule has 1 fully saturated rings. The molecule has 2 rings (SSSR count). The number of halogens is 1. The molecule has 26 heavy (non-hydrogen) atoms. The Bertz CT molecular complexity index is 515. The topological polar surface area (TPSA) is 52.1 Å². The Balaban J connectivity index is 0.00000338. The van der Waals surface area contributed by atoms with Gasteiger partial charge in [-0.1, -0.05) is 19.1 Å². The van der Waals surface area contributed by atoms with Gasteiger partial charge in [-0.2, -0.15) is 0 Å². The Morgan fingerprint density at radius 1 is 1.04 bits per heavy atom. The lowest BCUT2D eigenvalue weighted by Gasteiger charge is -2.34. The van der Waals surface area contributed by atoms with Crippen LogP contribution in [0, 0.1) is 0 Å². The van der Waals surface area contributed by atoms with Crippen molar-refractivity contribution in [2.24, 2.45) is 4.99 Å². The molecule has 0 bridgehead atoms. The third kappa shape index (κ3) is 8.09. The summed E-state index contributed by atoms with van der Waals surface area (Å²) in [6.45, 7) is 13.7. The summed E-state index contributed by atoms with van der Waals surface area (Å²) in [5.74, 6) is 1.76. The van der Waals surface area contributed by atoms with Crippen LogP contribution in [0.1, 0.15) is 19.4 Å². The molecule has 0 radical (unpaired) electrons. The molecule has 0 unspecified atom stereocenters. The third-order valence-electron chi connectivity index (χ3n) is 4.56. The van der Waals surface area contributed by atoms with E-state index in [1.807, 2.05) is 12.1 Å². The van der Waals surface area contributed by atoms with Gasteiger partial charge in [-0.15, -0.1) is 24.0 Å². The quantitative estimate of drug-likeness (QED) is 0.342. The number of nitrogens with one attached hydrogen (secondary N) is 2. The Morgan fingerprint density at radius 3 is 2.27 bits per heavy atom. The van der Waals surface area contributed by atoms with E-state index in [4.69, 9.17) is 4.74 Å². The summed E-state index contributed by atoms with van der Waals surface area (Å²) in [5.41, 5.74) is 1.17. The molecule has 1 aliphatic rings. The lowest BCUT2D eigenvalue weighted by molar-refractivity contribution is 0.139. The molecule has 7 heteroatoms. The van der Waals surface area contributed by atoms with E-state index in [-0.39, 0.29) is 24.0 Å². The number of guanidine groups is 1. The standard InChI is InChI=1S/C19H33N5O.HI/c1-4-20-19(22-16-17-6-8-18(25-3)9-7-17)21-10-11-24-14-12-23(5-2)13-15-24;/h6-9H,4-5,10-16H2,1-3H3,(H2,20,21,22);1H. The number of hydrogen-bond acceptors (Lipinski definition) is 4. The summed E-state index contributed by atoms with van der Waals surface area (Å²) in [7, 11) is 1.68. The lowest BCUT2D eigenvalue weighted by atomic mass is 10.2. The smallest absolute Gasteiger partial charge is 0.191 e. The Morgan fingerprint density at radius 2 is 1.69 bits per heavy atom. The third-order valence-corrected chi connectivity index (χ3v) is 4.56. The number of rotatable bonds is 8. The normalized spacial score (nSPS) is 16.0. The predicted molar refractivity (Wildman–Crippen MR) is 120 cm³/mol. The van der Waals surface area contributed by atoms with Crippen LogP contribution in [-0.4, -0.2) is 75.2 Å². The second-order valence-corrected chi connectivity index (χ2v) is 6.25. The zero-order valence-electron chi connectivity index (χ0n) is 16.3. The maximum absolute atomic E-state index is 5.19. The summed E-state index contributed by atoms with van der Waals surface area (Å²) in [6.07, 6.45) is 0. The molecule has 6 nitrogen and oxygen atoms in total. The van der Waals surface area contributed by atoms with Crippen molar-refractivity contribution in [3.8, 4) is 5.75 Å². The number of ether oxygens (including phenoxy) is 1. The molecule has 0 spiro atoms. The summed E-state index contributed by atoms with van der Waals surface area (Å²) < 4.78 is 5.19. The minimum absolute atomic E-state index is 0. The molecular formula is C19H34IN5O. The molecule has 2 N–H and O–H groups in total. The van der Waals surface area contributed by atoms with E-state index in [0.717, 1.165) is 51.0 Å². The highest BCUT2D eigenvalue weighted by Gasteiger charge is 2.14. The van der Waals surface area contributed by atoms with Crippen LogP contribution in [0.2, 0.25) is 0 Å². The van der Waals surface area contributed by atoms with Crippen LogP contribution in [0.3, 0.4) is 0 Å². The highest BCUT2D eigenvalue weighted by molar-refractivity contribution is 14.0. The highest BCUT2D eigenvalue weighted by atomic mass is 127. The van der Waals surface area contributed by atoms with Gasteiger partial charge >= 0.3 is 0 Å². The molecule has 0 amide bonds. The summed E-state index contributed by atoms with van der Waals surface area (Å²) >= 11 is 0. The number of benzene rings is 1. The average Bonchev–Trinajstić information content (AvgIpc) is 2.67. The van der Waals surface area contributed by atoms with Crippen LogP contribution < -0.4 is 15.4 Å². The lowest BCUT2D eigenvalue weighted by Crippen LogP contribution is -2.49. The van der Waals surface area contributed by atoms with Gasteiger partial charge in [0.1, 0.15) is 5.75 Å². The van der Waals surface area contributed by atoms with E-state index >= 15 is 0 Å². The van der Waals surface area contributed by atoms with E-state index in [1.165, 1.54) is 18.7 Å². The fraction of sp³-hybridized carbons (Fsp3) is 0.632. The van der Waals surface area contributed by atoms with Crippen LogP contribution in [0.4, 0.5) is 0 Å². The molecule has 0 aromatic heterocycles. The van der Waals surface area contributed by atoms with Crippen molar-refractivity contribution in [3.63, 3.8) is 0 Å². The van der Waals surface area contributed by atoms with Crippen molar-refractivity contribution in [1.82, 2.24) is 20.4 Å². The molecule has 1 aromatic rings. The van der Waals surface area contributed by atoms with Crippen molar-refractivity contribution in [3.05, 3.63) is 29.8 Å². The van der Waals surface area contributed by atoms with Gasteiger partial charge in [-0.25, -0.2) is 4.99 Å². The number of nitrogens with zero attached hydrogens (tertiary/aromatic N) is 3. The first-order valence-electron chi connectivity index (χ1n) is 9.35. The number of methoxy groups -OCH3 is 1. The maximum atomic E-state index is 5.19. The first-order chi connectivity index (χ1) is 12.2. The van der Waals surface area contributed by atoms with Crippen molar-refractivity contribution in [1.29, 1.82) is 0 Å². The minimum atomic E-state index is 0. The molecule has 1 aliphatic heterocycles. The average molecular weight is 475 g/mol. The number of aliphatic imine (C=N–C) groups is 1. The highest BCUT2D eigenvalue weighted by Crippen LogP contribution is 2.11. The summed E-state index contributed by atoms with van der Waals surface area (Å²) in [5, 5.41) is 6.76. The molecule has 0 atom stereocenters. The molecule has 1 aromatic carbocycles. The number of likely N-dealkylation sites (N-methyl/N-ethyl adjacent to an activating group) is 1. The largest absolute Gasteiger partial charge is 0.497 e. The van der Waals surface area contributed by atoms with Crippen molar-refractivity contribution in [2.75, 3.05) is 59.5 Å². The van der Waals surface area contributed by atoms with Crippen LogP contribution in [0.5, 0.6) is 5.75 Å². The molecular weight excluding hydrogens is 441 g/mol. The fourth-order valence-corrected chi connectivity index (χ4v) is 2.90. The molecule has 1 heterocycles. The molecule has 148 valence electrons. The maximum Gasteiger partial charge on any atom is 0.191 e. The first kappa shape index (κ1) is 23.0. The Hall–Kier alpha value is -1.06. The van der Waals surface area contributed by atoms with E-state index in [1.54, 1.807) is 7.11 Å². The van der Waals surface area contributed by atoms with Crippen LogP contribution >= 0.6 is 24.0 Å². The van der Waals surface area contributed by atoms with Gasteiger partial charge in [0.25, 0.3) is 0 Å². The van der Waals surface area contributed by atoms with E-state index in [2.05, 4.69) is 51.4 Å². The SMILES string of the molecule is CCNC(=NCc1ccc(OC)cc1)NCCN1CCN(CC)CC1.I. The minimum Gasteiger partial charge on any atom is -0.497 e. The monoisotopic (exact) mass is 475 g/mol. The van der Waals surface area contributed by atoms with Gasteiger partial charge in [0.05, 0.1) is 13.7 Å². The summed E-state index contributed by atoms with van der Waals surface area (Å²) in [6, 6.07) is 8.06. The number of hydrogen-bond donors (Lipinski definition) is 2. The molecule has 1 saturated heterocycles. The Labute approximate surface area is 175 Å². The van der Waals surface area contributed by atoms with E-state index in [0.29, 0.717) is 6.54 Å². The Kier molecular flexibility index (Phi) is 11.6. The van der Waals surface area contributed by atoms with Crippen molar-refractivity contribution >= 4 is 29.9 Å². The van der Waals surface area contributed by atoms with Crippen molar-refractivity contribution < 1.29 is 4.74 Å². The van der Waals surface area contributed by atoms with Gasteiger partial charge in [0.15, 0.2) is 5.96 Å². The van der Waals surface area contributed by atoms with Gasteiger partial charge < -0.3 is 20.3 Å². The van der Waals surface area contributed by atoms with Crippen LogP contribution in [0.25, 0.3) is 0 Å². The first-order valence-corrected chi connectivity index (χ1v) is 9.35. The van der Waals surface area contributed by atoms with Crippen LogP contribution in [-0.2, 0) is 6.54 Å². The predicted octanol–water partition coefficient (Wildman–Crippen LogP) is 2.01. The number of piperazine rings is 1. The summed E-state index contributed by atoms with van der Waals surface area (Å²) in [4.78, 5) is 9.70. The van der Waals surface area contributed by atoms with Gasteiger partial charge in [0.2, 0.25) is 0 Å². The van der Waals surface area contributed by atoms with Gasteiger partial charge in [0, 0.05) is 45.8 Å². The van der Waals surface area contributed by atoms with E-state index in [9.17, 15) is 0 Å². The second-order valence-electron chi connectivity index (χ2n) is 6.25. The fourth-order valence-electron chi connectivity index (χ4n) is 2.90. The zero-order valence-corrected chi connectivity index (χ0v) is 18.7. The zero-order chi connectivity index (χ0) is 17.9. The molecule has 0 saturated carbocycles. The molecule has 0 aliphatic carbocycles. The van der Waals surface area contributed by atoms with Crippen molar-refractivity contribution in [2.45, 2.75) is 20.4 Å². The van der Waals surface area contributed by atoms with Gasteiger partial charge in [-0.3, -0.25) is 4.90 Å².